The highest BCUT2D eigenvalue weighted by Gasteiger charge is 2.21. The fraction of sp³-hybridized carbons (Fsp3) is 0.462. The summed E-state index contributed by atoms with van der Waals surface area (Å²) in [4.78, 5) is 11.7. The Hall–Kier alpha value is -1.06. The summed E-state index contributed by atoms with van der Waals surface area (Å²) in [5, 5.41) is 3.85. The molecule has 1 rings (SSSR count). The topological polar surface area (TPSA) is 38.3 Å². The highest BCUT2D eigenvalue weighted by molar-refractivity contribution is 6.30. The highest BCUT2D eigenvalue weighted by Crippen LogP contribution is 2.22. The van der Waals surface area contributed by atoms with Crippen LogP contribution in [0.4, 0.5) is 0 Å². The van der Waals surface area contributed by atoms with E-state index < -0.39 is 6.04 Å². The van der Waals surface area contributed by atoms with Crippen LogP contribution in [0.3, 0.4) is 0 Å². The van der Waals surface area contributed by atoms with Crippen LogP contribution in [0, 0.1) is 6.92 Å². The number of carbonyl (C=O) groups excluding carboxylic acids is 1. The molecule has 0 heterocycles. The summed E-state index contributed by atoms with van der Waals surface area (Å²) in [6.45, 7) is 4.75. The van der Waals surface area contributed by atoms with Crippen LogP contribution in [0.15, 0.2) is 18.2 Å². The van der Waals surface area contributed by atoms with Crippen molar-refractivity contribution in [2.24, 2.45) is 0 Å². The van der Waals surface area contributed by atoms with E-state index in [4.69, 9.17) is 16.3 Å². The van der Waals surface area contributed by atoms with Gasteiger partial charge in [-0.2, -0.15) is 0 Å². The number of methoxy groups -OCH3 is 1. The Kier molecular flexibility index (Phi) is 5.45. The zero-order valence-electron chi connectivity index (χ0n) is 10.4. The molecular formula is C13H18ClNO2. The molecule has 3 nitrogen and oxygen atoms in total. The molecular weight excluding hydrogens is 238 g/mol. The molecule has 17 heavy (non-hydrogen) atoms. The molecule has 1 aromatic rings. The Morgan fingerprint density at radius 2 is 2.24 bits per heavy atom. The number of carbonyl (C=O) groups is 1. The Balaban J connectivity index is 2.99. The van der Waals surface area contributed by atoms with Gasteiger partial charge in [0.1, 0.15) is 6.04 Å². The molecule has 0 radical (unpaired) electrons. The lowest BCUT2D eigenvalue weighted by atomic mass is 10.0. The van der Waals surface area contributed by atoms with Crippen molar-refractivity contribution in [2.45, 2.75) is 26.3 Å². The maximum Gasteiger partial charge on any atom is 0.327 e. The van der Waals surface area contributed by atoms with Gasteiger partial charge < -0.3 is 10.1 Å². The van der Waals surface area contributed by atoms with Gasteiger partial charge in [0, 0.05) is 5.02 Å². The Morgan fingerprint density at radius 3 is 2.76 bits per heavy atom. The minimum atomic E-state index is -0.419. The fourth-order valence-electron chi connectivity index (χ4n) is 1.69. The van der Waals surface area contributed by atoms with Gasteiger partial charge in [0.05, 0.1) is 7.11 Å². The van der Waals surface area contributed by atoms with Crippen LogP contribution in [0.5, 0.6) is 0 Å². The van der Waals surface area contributed by atoms with Crippen molar-refractivity contribution < 1.29 is 9.53 Å². The fourth-order valence-corrected chi connectivity index (χ4v) is 1.92. The molecule has 0 bridgehead atoms. The molecule has 94 valence electrons. The maximum atomic E-state index is 11.7. The van der Waals surface area contributed by atoms with E-state index in [0.717, 1.165) is 24.1 Å². The molecule has 0 fully saturated rings. The van der Waals surface area contributed by atoms with E-state index in [-0.39, 0.29) is 5.97 Å². The molecule has 1 N–H and O–H groups in total. The van der Waals surface area contributed by atoms with Crippen LogP contribution in [0.2, 0.25) is 5.02 Å². The third-order valence-electron chi connectivity index (χ3n) is 2.58. The van der Waals surface area contributed by atoms with E-state index in [1.807, 2.05) is 19.1 Å². The Morgan fingerprint density at radius 1 is 1.53 bits per heavy atom. The molecule has 0 aliphatic carbocycles. The van der Waals surface area contributed by atoms with Gasteiger partial charge in [-0.1, -0.05) is 24.6 Å². The smallest absolute Gasteiger partial charge is 0.327 e. The zero-order valence-corrected chi connectivity index (χ0v) is 11.2. The molecule has 0 spiro atoms. The number of esters is 1. The van der Waals surface area contributed by atoms with Crippen molar-refractivity contribution in [3.05, 3.63) is 34.3 Å². The molecule has 0 aromatic heterocycles. The van der Waals surface area contributed by atoms with Gasteiger partial charge in [-0.25, -0.2) is 4.79 Å². The molecule has 1 aromatic carbocycles. The normalized spacial score (nSPS) is 12.2. The van der Waals surface area contributed by atoms with Crippen molar-refractivity contribution in [1.82, 2.24) is 5.32 Å². The molecule has 1 unspecified atom stereocenters. The van der Waals surface area contributed by atoms with Crippen molar-refractivity contribution in [2.75, 3.05) is 13.7 Å². The third kappa shape index (κ3) is 3.72. The van der Waals surface area contributed by atoms with E-state index in [2.05, 4.69) is 12.2 Å². The number of nitrogens with one attached hydrogen (secondary N) is 1. The first kappa shape index (κ1) is 14.0. The lowest BCUT2D eigenvalue weighted by molar-refractivity contribution is -0.143. The number of aryl methyl sites for hydroxylation is 1. The first-order chi connectivity index (χ1) is 8.10. The van der Waals surface area contributed by atoms with Crippen molar-refractivity contribution in [3.8, 4) is 0 Å². The standard InChI is InChI=1S/C13H18ClNO2/c1-4-7-15-12(13(16)17-3)11-6-5-10(14)8-9(11)2/h5-6,8,12,15H,4,7H2,1-3H3. The second-order valence-electron chi connectivity index (χ2n) is 3.91. The second-order valence-corrected chi connectivity index (χ2v) is 4.35. The largest absolute Gasteiger partial charge is 0.468 e. The van der Waals surface area contributed by atoms with E-state index >= 15 is 0 Å². The second kappa shape index (κ2) is 6.62. The Bertz CT molecular complexity index is 393. The van der Waals surface area contributed by atoms with Crippen molar-refractivity contribution in [1.29, 1.82) is 0 Å². The minimum Gasteiger partial charge on any atom is -0.468 e. The van der Waals surface area contributed by atoms with Gasteiger partial charge in [-0.05, 0) is 43.1 Å². The van der Waals surface area contributed by atoms with Crippen LogP contribution in [-0.4, -0.2) is 19.6 Å². The van der Waals surface area contributed by atoms with Crippen molar-refractivity contribution >= 4 is 17.6 Å². The number of hydrogen-bond donors (Lipinski definition) is 1. The first-order valence-electron chi connectivity index (χ1n) is 5.67. The molecule has 1 atom stereocenters. The number of rotatable bonds is 5. The van der Waals surface area contributed by atoms with Gasteiger partial charge >= 0.3 is 5.97 Å². The minimum absolute atomic E-state index is 0.274. The molecule has 0 aliphatic rings. The average Bonchev–Trinajstić information content (AvgIpc) is 2.31. The summed E-state index contributed by atoms with van der Waals surface area (Å²) in [5.41, 5.74) is 1.89. The van der Waals surface area contributed by atoms with Crippen LogP contribution in [-0.2, 0) is 9.53 Å². The predicted octanol–water partition coefficient (Wildman–Crippen LogP) is 2.86. The van der Waals surface area contributed by atoms with Crippen LogP contribution >= 0.6 is 11.6 Å². The predicted molar refractivity (Wildman–Crippen MR) is 69.2 cm³/mol. The van der Waals surface area contributed by atoms with E-state index in [9.17, 15) is 4.79 Å². The molecule has 0 saturated carbocycles. The number of halogens is 1. The third-order valence-corrected chi connectivity index (χ3v) is 2.81. The van der Waals surface area contributed by atoms with Gasteiger partial charge in [0.15, 0.2) is 0 Å². The van der Waals surface area contributed by atoms with E-state index in [1.165, 1.54) is 7.11 Å². The zero-order chi connectivity index (χ0) is 12.8. The summed E-state index contributed by atoms with van der Waals surface area (Å²) < 4.78 is 4.81. The SMILES string of the molecule is CCCNC(C(=O)OC)c1ccc(Cl)cc1C. The Labute approximate surface area is 107 Å². The van der Waals surface area contributed by atoms with E-state index in [0.29, 0.717) is 5.02 Å². The highest BCUT2D eigenvalue weighted by atomic mass is 35.5. The summed E-state index contributed by atoms with van der Waals surface area (Å²) in [6, 6.07) is 5.08. The van der Waals surface area contributed by atoms with Gasteiger partial charge in [0.25, 0.3) is 0 Å². The molecule has 0 amide bonds. The molecule has 0 saturated heterocycles. The summed E-state index contributed by atoms with van der Waals surface area (Å²) in [7, 11) is 1.40. The van der Waals surface area contributed by atoms with Gasteiger partial charge in [0.2, 0.25) is 0 Å². The van der Waals surface area contributed by atoms with Gasteiger partial charge in [-0.3, -0.25) is 0 Å². The number of ether oxygens (including phenoxy) is 1. The quantitative estimate of drug-likeness (QED) is 0.823. The average molecular weight is 256 g/mol. The molecule has 4 heteroatoms. The number of hydrogen-bond acceptors (Lipinski definition) is 3. The molecule has 0 aliphatic heterocycles. The summed E-state index contributed by atoms with van der Waals surface area (Å²) in [5.74, 6) is -0.274. The van der Waals surface area contributed by atoms with Gasteiger partial charge in [-0.15, -0.1) is 0 Å². The van der Waals surface area contributed by atoms with Crippen molar-refractivity contribution in [3.63, 3.8) is 0 Å². The first-order valence-corrected chi connectivity index (χ1v) is 6.05. The summed E-state index contributed by atoms with van der Waals surface area (Å²) in [6.07, 6.45) is 0.958. The monoisotopic (exact) mass is 255 g/mol. The van der Waals surface area contributed by atoms with Crippen LogP contribution < -0.4 is 5.32 Å². The number of benzene rings is 1. The summed E-state index contributed by atoms with van der Waals surface area (Å²) >= 11 is 5.90. The lowest BCUT2D eigenvalue weighted by Crippen LogP contribution is -2.30. The van der Waals surface area contributed by atoms with E-state index in [1.54, 1.807) is 6.07 Å². The lowest BCUT2D eigenvalue weighted by Gasteiger charge is -2.18. The maximum absolute atomic E-state index is 11.7. The van der Waals surface area contributed by atoms with Crippen LogP contribution in [0.1, 0.15) is 30.5 Å². The van der Waals surface area contributed by atoms with Crippen LogP contribution in [0.25, 0.3) is 0 Å².